The Morgan fingerprint density at radius 3 is 2.19 bits per heavy atom. The standard InChI is InChI=1S/C25H36O7/c1-14(28)25(32-22(13-27)21(29)12-26)31-20-5-3-4-17(11-20)24(30-2)23-18-7-15-6-16(9-18)10-19(23)8-15/h3-5,11,14-16,18-19,21-22,25-29H,6-10,12-13H2,1-2H3. The minimum absolute atomic E-state index is 0.488. The number of methoxy groups -OCH3 is 1. The second-order valence-electron chi connectivity index (χ2n) is 9.65. The number of ether oxygens (including phenoxy) is 3. The number of rotatable bonds is 10. The number of aliphatic hydroxyl groups is 4. The largest absolute Gasteiger partial charge is 0.496 e. The molecule has 4 unspecified atom stereocenters. The van der Waals surface area contributed by atoms with E-state index in [1.54, 1.807) is 13.2 Å². The van der Waals surface area contributed by atoms with Gasteiger partial charge >= 0.3 is 0 Å². The van der Waals surface area contributed by atoms with Crippen LogP contribution in [0, 0.1) is 23.7 Å². The molecule has 7 nitrogen and oxygen atoms in total. The molecule has 5 rings (SSSR count). The van der Waals surface area contributed by atoms with Crippen LogP contribution in [0.1, 0.15) is 44.6 Å². The summed E-state index contributed by atoms with van der Waals surface area (Å²) in [7, 11) is 1.73. The number of benzene rings is 1. The van der Waals surface area contributed by atoms with Gasteiger partial charge in [0.25, 0.3) is 0 Å². The first-order valence-electron chi connectivity index (χ1n) is 11.7. The van der Waals surface area contributed by atoms with Crippen molar-refractivity contribution in [1.82, 2.24) is 0 Å². The predicted octanol–water partition coefficient (Wildman–Crippen LogP) is 2.32. The van der Waals surface area contributed by atoms with Crippen LogP contribution in [-0.4, -0.2) is 65.4 Å². The molecule has 4 saturated carbocycles. The van der Waals surface area contributed by atoms with Crippen LogP contribution in [0.2, 0.25) is 0 Å². The molecule has 0 heterocycles. The minimum atomic E-state index is -1.28. The van der Waals surface area contributed by atoms with Crippen molar-refractivity contribution in [3.05, 3.63) is 35.4 Å². The molecule has 4 bridgehead atoms. The molecule has 4 atom stereocenters. The third kappa shape index (κ3) is 4.82. The van der Waals surface area contributed by atoms with E-state index in [1.807, 2.05) is 18.2 Å². The Kier molecular flexibility index (Phi) is 7.42. The summed E-state index contributed by atoms with van der Waals surface area (Å²) in [5.41, 5.74) is 2.39. The van der Waals surface area contributed by atoms with Crippen LogP contribution in [-0.2, 0) is 9.47 Å². The summed E-state index contributed by atoms with van der Waals surface area (Å²) >= 11 is 0. The quantitative estimate of drug-likeness (QED) is 0.321. The molecule has 7 heteroatoms. The number of hydrogen-bond acceptors (Lipinski definition) is 7. The van der Waals surface area contributed by atoms with Crippen molar-refractivity contribution in [3.8, 4) is 5.75 Å². The van der Waals surface area contributed by atoms with Crippen molar-refractivity contribution in [2.75, 3.05) is 20.3 Å². The van der Waals surface area contributed by atoms with Gasteiger partial charge in [-0.05, 0) is 80.4 Å². The average Bonchev–Trinajstić information content (AvgIpc) is 2.78. The van der Waals surface area contributed by atoms with Crippen molar-refractivity contribution >= 4 is 5.76 Å². The molecule has 4 fully saturated rings. The summed E-state index contributed by atoms with van der Waals surface area (Å²) in [6, 6.07) is 7.54. The maximum atomic E-state index is 10.1. The fourth-order valence-electron chi connectivity index (χ4n) is 6.10. The summed E-state index contributed by atoms with van der Waals surface area (Å²) in [4.78, 5) is 0. The highest BCUT2D eigenvalue weighted by Gasteiger charge is 2.46. The van der Waals surface area contributed by atoms with E-state index in [2.05, 4.69) is 0 Å². The second-order valence-corrected chi connectivity index (χ2v) is 9.65. The minimum Gasteiger partial charge on any atom is -0.496 e. The predicted molar refractivity (Wildman–Crippen MR) is 119 cm³/mol. The number of aliphatic hydroxyl groups excluding tert-OH is 4. The van der Waals surface area contributed by atoms with Crippen molar-refractivity contribution < 1.29 is 34.6 Å². The maximum absolute atomic E-state index is 10.1. The van der Waals surface area contributed by atoms with Gasteiger partial charge in [-0.15, -0.1) is 0 Å². The van der Waals surface area contributed by atoms with E-state index >= 15 is 0 Å². The molecule has 0 saturated heterocycles. The Hall–Kier alpha value is -1.64. The highest BCUT2D eigenvalue weighted by Crippen LogP contribution is 2.58. The first-order chi connectivity index (χ1) is 15.4. The van der Waals surface area contributed by atoms with Gasteiger partial charge < -0.3 is 34.6 Å². The molecule has 0 aliphatic heterocycles. The van der Waals surface area contributed by atoms with E-state index in [0.29, 0.717) is 17.6 Å². The van der Waals surface area contributed by atoms with E-state index in [9.17, 15) is 15.3 Å². The molecule has 1 aromatic carbocycles. The summed E-state index contributed by atoms with van der Waals surface area (Å²) in [5.74, 6) is 4.36. The third-order valence-electron chi connectivity index (χ3n) is 7.33. The molecule has 0 amide bonds. The van der Waals surface area contributed by atoms with Crippen molar-refractivity contribution in [3.63, 3.8) is 0 Å². The van der Waals surface area contributed by atoms with Gasteiger partial charge in [0.15, 0.2) is 0 Å². The summed E-state index contributed by atoms with van der Waals surface area (Å²) in [6.07, 6.45) is 1.94. The Morgan fingerprint density at radius 1 is 1.00 bits per heavy atom. The van der Waals surface area contributed by atoms with Gasteiger partial charge in [-0.2, -0.15) is 0 Å². The van der Waals surface area contributed by atoms with Crippen molar-refractivity contribution in [1.29, 1.82) is 0 Å². The van der Waals surface area contributed by atoms with E-state index in [-0.39, 0.29) is 0 Å². The molecular weight excluding hydrogens is 412 g/mol. The van der Waals surface area contributed by atoms with E-state index in [0.717, 1.165) is 23.2 Å². The van der Waals surface area contributed by atoms with Crippen LogP contribution in [0.3, 0.4) is 0 Å². The van der Waals surface area contributed by atoms with Crippen LogP contribution >= 0.6 is 0 Å². The molecule has 0 spiro atoms. The lowest BCUT2D eigenvalue weighted by atomic mass is 9.54. The third-order valence-corrected chi connectivity index (χ3v) is 7.33. The summed E-state index contributed by atoms with van der Waals surface area (Å²) < 4.78 is 17.4. The molecule has 4 aliphatic rings. The number of hydrogen-bond donors (Lipinski definition) is 4. The van der Waals surface area contributed by atoms with Gasteiger partial charge in [-0.3, -0.25) is 0 Å². The molecule has 178 valence electrons. The van der Waals surface area contributed by atoms with E-state index in [1.165, 1.54) is 44.6 Å². The van der Waals surface area contributed by atoms with Gasteiger partial charge in [0.05, 0.1) is 20.3 Å². The average molecular weight is 449 g/mol. The lowest BCUT2D eigenvalue weighted by Gasteiger charge is -2.51. The molecule has 4 N–H and O–H groups in total. The van der Waals surface area contributed by atoms with E-state index < -0.39 is 37.8 Å². The van der Waals surface area contributed by atoms with Crippen molar-refractivity contribution in [2.45, 2.75) is 63.6 Å². The van der Waals surface area contributed by atoms with Gasteiger partial charge in [0.2, 0.25) is 6.29 Å². The lowest BCUT2D eigenvalue weighted by Crippen LogP contribution is -2.43. The van der Waals surface area contributed by atoms with Gasteiger partial charge in [-0.25, -0.2) is 0 Å². The normalized spacial score (nSPS) is 30.0. The summed E-state index contributed by atoms with van der Waals surface area (Å²) in [6.45, 7) is 0.423. The molecule has 0 aromatic heterocycles. The molecule has 0 radical (unpaired) electrons. The van der Waals surface area contributed by atoms with Crippen molar-refractivity contribution in [2.24, 2.45) is 23.7 Å². The Morgan fingerprint density at radius 2 is 1.66 bits per heavy atom. The van der Waals surface area contributed by atoms with Crippen LogP contribution in [0.5, 0.6) is 5.75 Å². The maximum Gasteiger partial charge on any atom is 0.226 e. The zero-order chi connectivity index (χ0) is 22.8. The monoisotopic (exact) mass is 448 g/mol. The smallest absolute Gasteiger partial charge is 0.226 e. The Bertz CT molecular complexity index is 775. The molecule has 1 aromatic rings. The molecular formula is C25H36O7. The van der Waals surface area contributed by atoms with Crippen LogP contribution in [0.15, 0.2) is 29.8 Å². The Balaban J connectivity index is 1.56. The van der Waals surface area contributed by atoms with Gasteiger partial charge in [0, 0.05) is 5.56 Å². The zero-order valence-electron chi connectivity index (χ0n) is 18.9. The zero-order valence-corrected chi connectivity index (χ0v) is 18.9. The highest BCUT2D eigenvalue weighted by molar-refractivity contribution is 5.66. The molecule has 4 aliphatic carbocycles. The molecule has 32 heavy (non-hydrogen) atoms. The first kappa shape index (κ1) is 23.5. The number of allylic oxidation sites excluding steroid dienone is 1. The van der Waals surface area contributed by atoms with Crippen LogP contribution in [0.25, 0.3) is 5.76 Å². The fraction of sp³-hybridized carbons (Fsp3) is 0.680. The lowest BCUT2D eigenvalue weighted by molar-refractivity contribution is -0.201. The van der Waals surface area contributed by atoms with Gasteiger partial charge in [0.1, 0.15) is 29.8 Å². The Labute approximate surface area is 189 Å². The van der Waals surface area contributed by atoms with Crippen LogP contribution < -0.4 is 4.74 Å². The first-order valence-corrected chi connectivity index (χ1v) is 11.7. The fourth-order valence-corrected chi connectivity index (χ4v) is 6.10. The van der Waals surface area contributed by atoms with Crippen LogP contribution in [0.4, 0.5) is 0 Å². The topological polar surface area (TPSA) is 109 Å². The second kappa shape index (κ2) is 10.1. The summed E-state index contributed by atoms with van der Waals surface area (Å²) in [5, 5.41) is 38.6. The van der Waals surface area contributed by atoms with Gasteiger partial charge in [-0.1, -0.05) is 12.1 Å². The highest BCUT2D eigenvalue weighted by atomic mass is 16.7. The van der Waals surface area contributed by atoms with E-state index in [4.69, 9.17) is 19.3 Å². The SMILES string of the molecule is COC(=C1C2CC3CC(C2)CC1C3)c1cccc(OC(OC(CO)C(O)CO)C(C)O)c1.